The molecule has 5 rings (SSSR count). The second-order valence-corrected chi connectivity index (χ2v) is 6.78. The predicted molar refractivity (Wildman–Crippen MR) is 94.8 cm³/mol. The summed E-state index contributed by atoms with van der Waals surface area (Å²) >= 11 is 1.66. The lowest BCUT2D eigenvalue weighted by Gasteiger charge is -2.13. The minimum atomic E-state index is 0.286. The molecule has 2 aromatic carbocycles. The summed E-state index contributed by atoms with van der Waals surface area (Å²) < 4.78 is 10.7. The highest BCUT2D eigenvalue weighted by Gasteiger charge is 2.20. The van der Waals surface area contributed by atoms with E-state index >= 15 is 0 Å². The third-order valence-corrected chi connectivity index (χ3v) is 5.34. The molecule has 0 N–H and O–H groups in total. The highest BCUT2D eigenvalue weighted by Crippen LogP contribution is 2.40. The van der Waals surface area contributed by atoms with Gasteiger partial charge in [-0.05, 0) is 47.7 Å². The van der Waals surface area contributed by atoms with Gasteiger partial charge in [0, 0.05) is 6.21 Å². The number of nitrogens with zero attached hydrogens (tertiary/aromatic N) is 2. The first-order chi connectivity index (χ1) is 11.9. The van der Waals surface area contributed by atoms with Crippen molar-refractivity contribution in [2.75, 3.05) is 6.79 Å². The predicted octanol–water partition coefficient (Wildman–Crippen LogP) is 4.39. The van der Waals surface area contributed by atoms with Crippen LogP contribution in [-0.2, 0) is 12.8 Å². The number of benzene rings is 2. The smallest absolute Gasteiger partial charge is 0.231 e. The quantitative estimate of drug-likeness (QED) is 0.653. The van der Waals surface area contributed by atoms with Gasteiger partial charge in [-0.3, -0.25) is 0 Å². The van der Waals surface area contributed by atoms with E-state index in [4.69, 9.17) is 14.5 Å². The van der Waals surface area contributed by atoms with E-state index in [1.54, 1.807) is 11.3 Å². The van der Waals surface area contributed by atoms with Gasteiger partial charge < -0.3 is 9.47 Å². The highest BCUT2D eigenvalue weighted by atomic mass is 32.1. The van der Waals surface area contributed by atoms with E-state index in [2.05, 4.69) is 29.3 Å². The van der Waals surface area contributed by atoms with Gasteiger partial charge in [0.2, 0.25) is 11.9 Å². The van der Waals surface area contributed by atoms with Gasteiger partial charge in [0.05, 0.1) is 10.6 Å². The Labute approximate surface area is 143 Å². The fraction of sp³-hybridized carbons (Fsp3) is 0.158. The zero-order valence-electron chi connectivity index (χ0n) is 12.9. The standard InChI is InChI=1S/C19H14N2O2S/c1-2-4-14-13(3-1)6-7-15-18(14)24-19(21-15)20-10-12-5-8-16-17(9-12)23-11-22-16/h1-5,8-10H,6-7,11H2. The van der Waals surface area contributed by atoms with E-state index < -0.39 is 0 Å². The number of ether oxygens (including phenoxy) is 2. The van der Waals surface area contributed by atoms with E-state index in [1.807, 2.05) is 24.4 Å². The maximum atomic E-state index is 5.40. The molecule has 2 aliphatic rings. The summed E-state index contributed by atoms with van der Waals surface area (Å²) in [5.41, 5.74) is 4.85. The molecule has 0 spiro atoms. The molecule has 0 saturated carbocycles. The van der Waals surface area contributed by atoms with Gasteiger partial charge in [-0.15, -0.1) is 0 Å². The van der Waals surface area contributed by atoms with E-state index in [0.717, 1.165) is 40.7 Å². The van der Waals surface area contributed by atoms with Crippen LogP contribution in [0.15, 0.2) is 47.5 Å². The average Bonchev–Trinajstić information content (AvgIpc) is 3.25. The van der Waals surface area contributed by atoms with Gasteiger partial charge >= 0.3 is 0 Å². The van der Waals surface area contributed by atoms with Gasteiger partial charge in [-0.2, -0.15) is 0 Å². The number of rotatable bonds is 2. The lowest BCUT2D eigenvalue weighted by Crippen LogP contribution is -2.01. The third kappa shape index (κ3) is 2.29. The Bertz CT molecular complexity index is 962. The van der Waals surface area contributed by atoms with Crippen molar-refractivity contribution in [3.8, 4) is 21.9 Å². The van der Waals surface area contributed by atoms with Crippen molar-refractivity contribution in [1.82, 2.24) is 4.98 Å². The van der Waals surface area contributed by atoms with Crippen molar-refractivity contribution < 1.29 is 9.47 Å². The molecule has 1 aliphatic heterocycles. The maximum absolute atomic E-state index is 5.40. The summed E-state index contributed by atoms with van der Waals surface area (Å²) in [5, 5.41) is 0.800. The molecule has 0 bridgehead atoms. The van der Waals surface area contributed by atoms with Crippen LogP contribution in [0.5, 0.6) is 11.5 Å². The Morgan fingerprint density at radius 3 is 2.96 bits per heavy atom. The SMILES string of the molecule is C(=Nc1nc2c(s1)-c1ccccc1CC2)c1ccc2c(c1)OCO2. The Balaban J connectivity index is 1.46. The molecule has 0 fully saturated rings. The van der Waals surface area contributed by atoms with Crippen molar-refractivity contribution in [1.29, 1.82) is 0 Å². The minimum absolute atomic E-state index is 0.286. The largest absolute Gasteiger partial charge is 0.454 e. The Hall–Kier alpha value is -2.66. The Kier molecular flexibility index (Phi) is 3.13. The molecule has 1 aromatic heterocycles. The van der Waals surface area contributed by atoms with Crippen LogP contribution in [0.4, 0.5) is 5.13 Å². The summed E-state index contributed by atoms with van der Waals surface area (Å²) in [5.74, 6) is 1.56. The van der Waals surface area contributed by atoms with Crippen LogP contribution < -0.4 is 9.47 Å². The molecule has 1 aliphatic carbocycles. The zero-order chi connectivity index (χ0) is 15.9. The Morgan fingerprint density at radius 2 is 1.96 bits per heavy atom. The molecule has 0 unspecified atom stereocenters. The molecular formula is C19H14N2O2S. The average molecular weight is 334 g/mol. The van der Waals surface area contributed by atoms with Gasteiger partial charge in [0.25, 0.3) is 0 Å². The number of aromatic nitrogens is 1. The summed E-state index contributed by atoms with van der Waals surface area (Å²) in [6.07, 6.45) is 3.87. The first-order valence-electron chi connectivity index (χ1n) is 7.88. The lowest BCUT2D eigenvalue weighted by atomic mass is 9.94. The summed E-state index contributed by atoms with van der Waals surface area (Å²) in [7, 11) is 0. The van der Waals surface area contributed by atoms with Crippen molar-refractivity contribution >= 4 is 22.7 Å². The van der Waals surface area contributed by atoms with Crippen molar-refractivity contribution in [2.45, 2.75) is 12.8 Å². The highest BCUT2D eigenvalue weighted by molar-refractivity contribution is 7.18. The zero-order valence-corrected chi connectivity index (χ0v) is 13.7. The topological polar surface area (TPSA) is 43.7 Å². The summed E-state index contributed by atoms with van der Waals surface area (Å²) in [6.45, 7) is 0.286. The summed E-state index contributed by atoms with van der Waals surface area (Å²) in [6, 6.07) is 14.4. The molecule has 2 heterocycles. The van der Waals surface area contributed by atoms with Crippen molar-refractivity contribution in [3.63, 3.8) is 0 Å². The van der Waals surface area contributed by atoms with Crippen molar-refractivity contribution in [2.24, 2.45) is 4.99 Å². The van der Waals surface area contributed by atoms with Gasteiger partial charge in [0.1, 0.15) is 0 Å². The number of aliphatic imine (C=N–C) groups is 1. The van der Waals surface area contributed by atoms with E-state index in [-0.39, 0.29) is 6.79 Å². The van der Waals surface area contributed by atoms with Crippen LogP contribution in [0.25, 0.3) is 10.4 Å². The number of hydrogen-bond donors (Lipinski definition) is 0. The normalized spacial score (nSPS) is 14.7. The van der Waals surface area contributed by atoms with Crippen LogP contribution >= 0.6 is 11.3 Å². The van der Waals surface area contributed by atoms with Crippen LogP contribution in [-0.4, -0.2) is 18.0 Å². The number of hydrogen-bond acceptors (Lipinski definition) is 5. The summed E-state index contributed by atoms with van der Waals surface area (Å²) in [4.78, 5) is 10.5. The van der Waals surface area contributed by atoms with E-state index in [0.29, 0.717) is 0 Å². The van der Waals surface area contributed by atoms with Crippen LogP contribution in [0.2, 0.25) is 0 Å². The van der Waals surface area contributed by atoms with Crippen LogP contribution in [0.3, 0.4) is 0 Å². The Morgan fingerprint density at radius 1 is 1.04 bits per heavy atom. The fourth-order valence-corrected chi connectivity index (χ4v) is 4.13. The molecule has 3 aromatic rings. The van der Waals surface area contributed by atoms with E-state index in [9.17, 15) is 0 Å². The second kappa shape index (κ2) is 5.46. The monoisotopic (exact) mass is 334 g/mol. The van der Waals surface area contributed by atoms with Crippen LogP contribution in [0, 0.1) is 0 Å². The molecule has 0 amide bonds. The molecule has 0 radical (unpaired) electrons. The molecule has 118 valence electrons. The molecule has 0 saturated heterocycles. The third-order valence-electron chi connectivity index (χ3n) is 4.30. The second-order valence-electron chi connectivity index (χ2n) is 5.80. The van der Waals surface area contributed by atoms with Gasteiger partial charge in [-0.1, -0.05) is 35.6 Å². The van der Waals surface area contributed by atoms with Gasteiger partial charge in [0.15, 0.2) is 11.5 Å². The molecule has 5 heteroatoms. The first-order valence-corrected chi connectivity index (χ1v) is 8.70. The molecule has 24 heavy (non-hydrogen) atoms. The van der Waals surface area contributed by atoms with E-state index in [1.165, 1.54) is 16.0 Å². The van der Waals surface area contributed by atoms with Gasteiger partial charge in [-0.25, -0.2) is 9.98 Å². The molecule has 0 atom stereocenters. The van der Waals surface area contributed by atoms with Crippen LogP contribution in [0.1, 0.15) is 16.8 Å². The first kappa shape index (κ1) is 13.7. The molecular weight excluding hydrogens is 320 g/mol. The number of aryl methyl sites for hydroxylation is 2. The maximum Gasteiger partial charge on any atom is 0.231 e. The van der Waals surface area contributed by atoms with Crippen molar-refractivity contribution in [3.05, 3.63) is 59.3 Å². The number of thiazole rings is 1. The minimum Gasteiger partial charge on any atom is -0.454 e. The lowest BCUT2D eigenvalue weighted by molar-refractivity contribution is 0.174. The number of fused-ring (bicyclic) bond motifs is 4. The molecule has 4 nitrogen and oxygen atoms in total. The fourth-order valence-electron chi connectivity index (χ4n) is 3.11.